The van der Waals surface area contributed by atoms with Gasteiger partial charge in [0, 0.05) is 25.7 Å². The maximum atomic E-state index is 12.8. The summed E-state index contributed by atoms with van der Waals surface area (Å²) < 4.78 is 0. The van der Waals surface area contributed by atoms with Crippen molar-refractivity contribution in [3.8, 4) is 9.88 Å². The summed E-state index contributed by atoms with van der Waals surface area (Å²) in [7, 11) is 0. The molecule has 2 aromatic heterocycles. The van der Waals surface area contributed by atoms with Crippen LogP contribution in [0.5, 0.6) is 0 Å². The van der Waals surface area contributed by atoms with Crippen molar-refractivity contribution >= 4 is 28.6 Å². The molecule has 0 aromatic carbocycles. The lowest BCUT2D eigenvalue weighted by molar-refractivity contribution is 0.0905. The molecule has 1 saturated heterocycles. The van der Waals surface area contributed by atoms with Gasteiger partial charge in [-0.3, -0.25) is 4.79 Å². The van der Waals surface area contributed by atoms with E-state index in [0.717, 1.165) is 52.3 Å². The van der Waals surface area contributed by atoms with Crippen LogP contribution in [0.1, 0.15) is 60.3 Å². The Labute approximate surface area is 170 Å². The smallest absolute Gasteiger partial charge is 0.263 e. The number of rotatable bonds is 5. The SMILES string of the molecule is Cc1nc(-c2cccs2)sc1C(=O)NC1CCN(CC2CCCCC2)CC1. The molecule has 1 saturated carbocycles. The molecule has 1 aliphatic heterocycles. The van der Waals surface area contributed by atoms with Crippen molar-refractivity contribution in [2.24, 2.45) is 5.92 Å². The first-order valence-corrected chi connectivity index (χ1v) is 11.9. The molecule has 6 heteroatoms. The minimum atomic E-state index is 0.0542. The summed E-state index contributed by atoms with van der Waals surface area (Å²) in [5, 5.41) is 6.27. The third-order valence-corrected chi connectivity index (χ3v) is 8.09. The van der Waals surface area contributed by atoms with Crippen LogP contribution in [0.3, 0.4) is 0 Å². The number of thiazole rings is 1. The number of hydrogen-bond donors (Lipinski definition) is 1. The highest BCUT2D eigenvalue weighted by molar-refractivity contribution is 7.22. The van der Waals surface area contributed by atoms with E-state index in [1.54, 1.807) is 11.3 Å². The molecule has 1 amide bonds. The van der Waals surface area contributed by atoms with Gasteiger partial charge in [-0.1, -0.05) is 25.3 Å². The minimum absolute atomic E-state index is 0.0542. The first-order valence-electron chi connectivity index (χ1n) is 10.2. The number of aromatic nitrogens is 1. The van der Waals surface area contributed by atoms with E-state index in [2.05, 4.69) is 21.3 Å². The van der Waals surface area contributed by atoms with Gasteiger partial charge in [0.1, 0.15) is 9.88 Å². The zero-order valence-electron chi connectivity index (χ0n) is 16.1. The van der Waals surface area contributed by atoms with E-state index in [4.69, 9.17) is 0 Å². The third-order valence-electron chi connectivity index (χ3n) is 5.90. The molecule has 2 aliphatic rings. The first kappa shape index (κ1) is 19.1. The maximum absolute atomic E-state index is 12.8. The lowest BCUT2D eigenvalue weighted by atomic mass is 9.88. The molecule has 0 radical (unpaired) electrons. The third kappa shape index (κ3) is 4.79. The molecule has 2 aromatic rings. The highest BCUT2D eigenvalue weighted by atomic mass is 32.1. The van der Waals surface area contributed by atoms with Crippen LogP contribution in [-0.4, -0.2) is 41.5 Å². The minimum Gasteiger partial charge on any atom is -0.348 e. The second kappa shape index (κ2) is 8.84. The van der Waals surface area contributed by atoms with Gasteiger partial charge in [0.25, 0.3) is 5.91 Å². The standard InChI is InChI=1S/C21H29N3OS2/c1-15-19(27-21(22-15)18-8-5-13-26-18)20(25)23-17-9-11-24(12-10-17)14-16-6-3-2-4-7-16/h5,8,13,16-17H,2-4,6-7,9-12,14H2,1H3,(H,23,25). The molecule has 2 fully saturated rings. The van der Waals surface area contributed by atoms with Gasteiger partial charge in [0.2, 0.25) is 0 Å². The number of hydrogen-bond acceptors (Lipinski definition) is 5. The van der Waals surface area contributed by atoms with E-state index in [9.17, 15) is 4.79 Å². The Bertz CT molecular complexity index is 742. The van der Waals surface area contributed by atoms with E-state index in [1.165, 1.54) is 50.0 Å². The predicted octanol–water partition coefficient (Wildman–Crippen LogP) is 4.95. The number of nitrogens with one attached hydrogen (secondary N) is 1. The van der Waals surface area contributed by atoms with Gasteiger partial charge in [-0.25, -0.2) is 4.98 Å². The van der Waals surface area contributed by atoms with Gasteiger partial charge in [-0.15, -0.1) is 22.7 Å². The second-order valence-corrected chi connectivity index (χ2v) is 9.91. The number of carbonyl (C=O) groups excluding carboxylic acids is 1. The van der Waals surface area contributed by atoms with Crippen LogP contribution in [0, 0.1) is 12.8 Å². The van der Waals surface area contributed by atoms with Gasteiger partial charge >= 0.3 is 0 Å². The molecular weight excluding hydrogens is 374 g/mol. The number of likely N-dealkylation sites (tertiary alicyclic amines) is 1. The molecule has 27 heavy (non-hydrogen) atoms. The Kier molecular flexibility index (Phi) is 6.25. The van der Waals surface area contributed by atoms with E-state index < -0.39 is 0 Å². The highest BCUT2D eigenvalue weighted by Crippen LogP contribution is 2.31. The quantitative estimate of drug-likeness (QED) is 0.768. The van der Waals surface area contributed by atoms with E-state index in [-0.39, 0.29) is 5.91 Å². The summed E-state index contributed by atoms with van der Waals surface area (Å²) in [4.78, 5) is 21.9. The van der Waals surface area contributed by atoms with Crippen molar-refractivity contribution in [3.63, 3.8) is 0 Å². The molecule has 4 rings (SSSR count). The number of piperidine rings is 1. The van der Waals surface area contributed by atoms with Gasteiger partial charge in [0.05, 0.1) is 10.6 Å². The molecule has 146 valence electrons. The van der Waals surface area contributed by atoms with Crippen LogP contribution in [-0.2, 0) is 0 Å². The molecule has 4 nitrogen and oxygen atoms in total. The predicted molar refractivity (Wildman–Crippen MR) is 114 cm³/mol. The number of thiophene rings is 1. The van der Waals surface area contributed by atoms with E-state index in [0.29, 0.717) is 6.04 Å². The molecule has 1 aliphatic carbocycles. The molecule has 0 spiro atoms. The normalized spacial score (nSPS) is 20.0. The van der Waals surface area contributed by atoms with Crippen molar-refractivity contribution in [3.05, 3.63) is 28.1 Å². The Morgan fingerprint density at radius 2 is 2.00 bits per heavy atom. The monoisotopic (exact) mass is 403 g/mol. The molecular formula is C21H29N3OS2. The van der Waals surface area contributed by atoms with Gasteiger partial charge in [-0.2, -0.15) is 0 Å². The van der Waals surface area contributed by atoms with Crippen LogP contribution in [0.2, 0.25) is 0 Å². The van der Waals surface area contributed by atoms with Crippen LogP contribution in [0.15, 0.2) is 17.5 Å². The number of aryl methyl sites for hydroxylation is 1. The summed E-state index contributed by atoms with van der Waals surface area (Å²) in [5.74, 6) is 0.957. The van der Waals surface area contributed by atoms with Gasteiger partial charge < -0.3 is 10.2 Å². The van der Waals surface area contributed by atoms with E-state index in [1.807, 2.05) is 18.4 Å². The zero-order chi connectivity index (χ0) is 18.6. The average molecular weight is 404 g/mol. The van der Waals surface area contributed by atoms with Crippen LogP contribution >= 0.6 is 22.7 Å². The van der Waals surface area contributed by atoms with Crippen molar-refractivity contribution in [1.82, 2.24) is 15.2 Å². The molecule has 0 atom stereocenters. The van der Waals surface area contributed by atoms with Crippen LogP contribution in [0.4, 0.5) is 0 Å². The summed E-state index contributed by atoms with van der Waals surface area (Å²) in [6, 6.07) is 4.39. The highest BCUT2D eigenvalue weighted by Gasteiger charge is 2.25. The summed E-state index contributed by atoms with van der Waals surface area (Å²) in [6.07, 6.45) is 9.21. The van der Waals surface area contributed by atoms with Crippen LogP contribution in [0.25, 0.3) is 9.88 Å². The molecule has 0 unspecified atom stereocenters. The topological polar surface area (TPSA) is 45.2 Å². The summed E-state index contributed by atoms with van der Waals surface area (Å²) >= 11 is 3.19. The second-order valence-electron chi connectivity index (χ2n) is 7.96. The molecule has 3 heterocycles. The fourth-order valence-electron chi connectivity index (χ4n) is 4.36. The number of nitrogens with zero attached hydrogens (tertiary/aromatic N) is 2. The average Bonchev–Trinajstić information content (AvgIpc) is 3.34. The zero-order valence-corrected chi connectivity index (χ0v) is 17.7. The number of carbonyl (C=O) groups is 1. The molecule has 0 bridgehead atoms. The summed E-state index contributed by atoms with van der Waals surface area (Å²) in [5.41, 5.74) is 0.843. The molecule has 1 N–H and O–H groups in total. The fraction of sp³-hybridized carbons (Fsp3) is 0.619. The van der Waals surface area contributed by atoms with Gasteiger partial charge in [-0.05, 0) is 50.0 Å². The van der Waals surface area contributed by atoms with Crippen molar-refractivity contribution < 1.29 is 4.79 Å². The van der Waals surface area contributed by atoms with Crippen molar-refractivity contribution in [2.75, 3.05) is 19.6 Å². The largest absolute Gasteiger partial charge is 0.348 e. The Morgan fingerprint density at radius 3 is 2.70 bits per heavy atom. The first-order chi connectivity index (χ1) is 13.2. The Morgan fingerprint density at radius 1 is 1.22 bits per heavy atom. The Balaban J connectivity index is 1.28. The fourth-order valence-corrected chi connectivity index (χ4v) is 6.12. The van der Waals surface area contributed by atoms with Crippen molar-refractivity contribution in [2.45, 2.75) is 57.9 Å². The lowest BCUT2D eigenvalue weighted by Gasteiger charge is -2.35. The summed E-state index contributed by atoms with van der Waals surface area (Å²) in [6.45, 7) is 5.43. The van der Waals surface area contributed by atoms with Crippen molar-refractivity contribution in [1.29, 1.82) is 0 Å². The Hall–Kier alpha value is -1.24. The van der Waals surface area contributed by atoms with Gasteiger partial charge in [0.15, 0.2) is 0 Å². The van der Waals surface area contributed by atoms with Crippen LogP contribution < -0.4 is 5.32 Å². The lowest BCUT2D eigenvalue weighted by Crippen LogP contribution is -2.45. The maximum Gasteiger partial charge on any atom is 0.263 e. The number of amides is 1. The van der Waals surface area contributed by atoms with E-state index >= 15 is 0 Å².